The lowest BCUT2D eigenvalue weighted by molar-refractivity contribution is -0.787. The zero-order valence-corrected chi connectivity index (χ0v) is 14.0. The molecule has 0 unspecified atom stereocenters. The molecule has 2 N–H and O–H groups in total. The summed E-state index contributed by atoms with van der Waals surface area (Å²) in [6.45, 7) is 0.718. The van der Waals surface area contributed by atoms with Crippen LogP contribution in [0.4, 0.5) is 0 Å². The Hall–Kier alpha value is -0.320. The quantitative estimate of drug-likeness (QED) is 0.193. The van der Waals surface area contributed by atoms with E-state index in [9.17, 15) is 0 Å². The second-order valence-electron chi connectivity index (χ2n) is 5.49. The molecule has 0 aromatic rings. The number of aliphatic hydroxyl groups is 1. The van der Waals surface area contributed by atoms with E-state index in [0.717, 1.165) is 25.7 Å². The summed E-state index contributed by atoms with van der Waals surface area (Å²) in [5, 5.41) is 34.5. The van der Waals surface area contributed by atoms with E-state index in [-0.39, 0.29) is 0 Å². The smallest absolute Gasteiger partial charge is 0.0855 e. The fraction of sp³-hybridized carbons (Fsp3) is 1.00. The van der Waals surface area contributed by atoms with Gasteiger partial charge in [-0.25, -0.2) is 10.1 Å². The number of hydrogen-bond donors (Lipinski definition) is 2. The largest absolute Gasteiger partial charge is 0.396 e. The van der Waals surface area contributed by atoms with Crippen LogP contribution in [-0.4, -0.2) is 23.6 Å². The Morgan fingerprint density at radius 1 is 0.478 bits per heavy atom. The Bertz CT molecular complexity index is 186. The molecule has 23 heavy (non-hydrogen) atoms. The summed E-state index contributed by atoms with van der Waals surface area (Å²) in [6.07, 6.45) is 15.6. The van der Waals surface area contributed by atoms with Gasteiger partial charge in [0.2, 0.25) is 0 Å². The molecule has 0 spiro atoms. The van der Waals surface area contributed by atoms with E-state index in [0.29, 0.717) is 13.2 Å². The number of aliphatic hydroxyl groups excluding tert-OH is 1. The standard InChI is InChI=1S/C15H32O8/c16-14-12-10-8-6-4-2-1-3-5-7-9-11-13-15-18-20-22-23-21-19-17/h16-17H,1-15H2. The van der Waals surface area contributed by atoms with Gasteiger partial charge in [0.1, 0.15) is 0 Å². The minimum Gasteiger partial charge on any atom is -0.396 e. The Balaban J connectivity index is 2.92. The molecule has 0 aliphatic carbocycles. The summed E-state index contributed by atoms with van der Waals surface area (Å²) in [5.74, 6) is 0. The maximum absolute atomic E-state index is 8.67. The van der Waals surface area contributed by atoms with Gasteiger partial charge in [-0.3, -0.25) is 0 Å². The second kappa shape index (κ2) is 21.7. The Kier molecular flexibility index (Phi) is 21.4. The van der Waals surface area contributed by atoms with E-state index in [1.54, 1.807) is 0 Å². The van der Waals surface area contributed by atoms with Crippen LogP contribution in [0.25, 0.3) is 0 Å². The molecule has 0 radical (unpaired) electrons. The van der Waals surface area contributed by atoms with Crippen molar-refractivity contribution in [3.8, 4) is 0 Å². The van der Waals surface area contributed by atoms with Crippen molar-refractivity contribution in [2.45, 2.75) is 83.5 Å². The molecule has 8 heteroatoms. The highest BCUT2D eigenvalue weighted by Crippen LogP contribution is 2.12. The molecule has 8 nitrogen and oxygen atoms in total. The molecular formula is C15H32O8. The van der Waals surface area contributed by atoms with Crippen LogP contribution in [0.5, 0.6) is 0 Å². The fourth-order valence-corrected chi connectivity index (χ4v) is 2.31. The predicted molar refractivity (Wildman–Crippen MR) is 81.1 cm³/mol. The third-order valence-electron chi connectivity index (χ3n) is 3.55. The zero-order chi connectivity index (χ0) is 16.8. The molecule has 0 rings (SSSR count). The normalized spacial score (nSPS) is 11.2. The summed E-state index contributed by atoms with van der Waals surface area (Å²) in [6, 6.07) is 0. The molecular weight excluding hydrogens is 308 g/mol. The van der Waals surface area contributed by atoms with Gasteiger partial charge >= 0.3 is 0 Å². The topological polar surface area (TPSA) is 95.8 Å². The van der Waals surface area contributed by atoms with Gasteiger partial charge in [-0.1, -0.05) is 70.6 Å². The van der Waals surface area contributed by atoms with Crippen LogP contribution < -0.4 is 0 Å². The predicted octanol–water partition coefficient (Wildman–Crippen LogP) is 4.20. The van der Waals surface area contributed by atoms with E-state index >= 15 is 0 Å². The van der Waals surface area contributed by atoms with Gasteiger partial charge in [0, 0.05) is 6.61 Å². The van der Waals surface area contributed by atoms with E-state index in [2.05, 4.69) is 30.1 Å². The van der Waals surface area contributed by atoms with Crippen molar-refractivity contribution in [2.24, 2.45) is 0 Å². The summed E-state index contributed by atoms with van der Waals surface area (Å²) < 4.78 is 0. The molecule has 0 heterocycles. The van der Waals surface area contributed by atoms with Crippen molar-refractivity contribution < 1.29 is 40.4 Å². The van der Waals surface area contributed by atoms with Gasteiger partial charge < -0.3 is 5.11 Å². The second-order valence-corrected chi connectivity index (χ2v) is 5.49. The van der Waals surface area contributed by atoms with Crippen LogP contribution in [0.15, 0.2) is 0 Å². The molecule has 0 atom stereocenters. The monoisotopic (exact) mass is 340 g/mol. The molecule has 0 bridgehead atoms. The lowest BCUT2D eigenvalue weighted by Crippen LogP contribution is -2.00. The lowest BCUT2D eigenvalue weighted by atomic mass is 10.0. The Morgan fingerprint density at radius 2 is 0.913 bits per heavy atom. The molecule has 0 fully saturated rings. The van der Waals surface area contributed by atoms with Crippen molar-refractivity contribution in [2.75, 3.05) is 13.2 Å². The van der Waals surface area contributed by atoms with E-state index in [4.69, 9.17) is 10.4 Å². The SMILES string of the molecule is OCCCCCCCCCCCCCCCOOOOOOO. The zero-order valence-electron chi connectivity index (χ0n) is 14.0. The minimum atomic E-state index is 0.330. The van der Waals surface area contributed by atoms with Gasteiger partial charge in [-0.2, -0.15) is 0 Å². The van der Waals surface area contributed by atoms with E-state index < -0.39 is 0 Å². The highest BCUT2D eigenvalue weighted by atomic mass is 17.9. The first kappa shape index (κ1) is 22.7. The van der Waals surface area contributed by atoms with Crippen LogP contribution in [0, 0.1) is 0 Å². The van der Waals surface area contributed by atoms with E-state index in [1.165, 1.54) is 57.8 Å². The van der Waals surface area contributed by atoms with E-state index in [1.807, 2.05) is 0 Å². The van der Waals surface area contributed by atoms with Crippen molar-refractivity contribution in [3.05, 3.63) is 0 Å². The average molecular weight is 340 g/mol. The van der Waals surface area contributed by atoms with Gasteiger partial charge in [-0.05, 0) is 38.0 Å². The Labute approximate surface area is 138 Å². The van der Waals surface area contributed by atoms with Gasteiger partial charge in [-0.15, -0.1) is 0 Å². The van der Waals surface area contributed by atoms with Crippen LogP contribution in [-0.2, 0) is 30.1 Å². The molecule has 0 amide bonds. The molecule has 0 aromatic carbocycles. The maximum atomic E-state index is 8.67. The Morgan fingerprint density at radius 3 is 1.39 bits per heavy atom. The first-order chi connectivity index (χ1) is 11.4. The van der Waals surface area contributed by atoms with Crippen LogP contribution in [0.3, 0.4) is 0 Å². The van der Waals surface area contributed by atoms with Gasteiger partial charge in [0.25, 0.3) is 0 Å². The first-order valence-corrected chi connectivity index (χ1v) is 8.62. The molecule has 0 saturated carbocycles. The fourth-order valence-electron chi connectivity index (χ4n) is 2.31. The third kappa shape index (κ3) is 21.7. The van der Waals surface area contributed by atoms with Crippen LogP contribution in [0.2, 0.25) is 0 Å². The number of rotatable bonds is 20. The summed E-state index contributed by atoms with van der Waals surface area (Å²) in [4.78, 5) is 4.61. The van der Waals surface area contributed by atoms with Crippen molar-refractivity contribution in [1.29, 1.82) is 0 Å². The molecule has 140 valence electrons. The average Bonchev–Trinajstić information content (AvgIpc) is 2.57. The summed E-state index contributed by atoms with van der Waals surface area (Å²) >= 11 is 0. The summed E-state index contributed by atoms with van der Waals surface area (Å²) in [5.41, 5.74) is 0. The van der Waals surface area contributed by atoms with Crippen LogP contribution in [0.1, 0.15) is 83.5 Å². The minimum absolute atomic E-state index is 0.330. The lowest BCUT2D eigenvalue weighted by Gasteiger charge is -2.03. The maximum Gasteiger partial charge on any atom is 0.0855 e. The van der Waals surface area contributed by atoms with Crippen molar-refractivity contribution in [1.82, 2.24) is 0 Å². The highest BCUT2D eigenvalue weighted by molar-refractivity contribution is 4.49. The molecule has 0 aliphatic heterocycles. The molecule has 0 saturated heterocycles. The van der Waals surface area contributed by atoms with Crippen molar-refractivity contribution in [3.63, 3.8) is 0 Å². The first-order valence-electron chi connectivity index (χ1n) is 8.62. The number of unbranched alkanes of at least 4 members (excludes halogenated alkanes) is 12. The van der Waals surface area contributed by atoms with Crippen molar-refractivity contribution >= 4 is 0 Å². The number of hydrogen-bond acceptors (Lipinski definition) is 8. The highest BCUT2D eigenvalue weighted by Gasteiger charge is 1.96. The molecule has 0 aliphatic rings. The third-order valence-corrected chi connectivity index (χ3v) is 3.55. The molecule has 0 aromatic heterocycles. The van der Waals surface area contributed by atoms with Gasteiger partial charge in [0.05, 0.1) is 6.61 Å². The van der Waals surface area contributed by atoms with Crippen LogP contribution >= 0.6 is 0 Å². The summed E-state index contributed by atoms with van der Waals surface area (Å²) in [7, 11) is 0. The van der Waals surface area contributed by atoms with Gasteiger partial charge in [0.15, 0.2) is 0 Å².